The lowest BCUT2D eigenvalue weighted by Gasteiger charge is -2.25. The fourth-order valence-corrected chi connectivity index (χ4v) is 2.45. The molecule has 1 aromatic rings. The molecule has 106 valence electrons. The third-order valence-electron chi connectivity index (χ3n) is 3.61. The number of aliphatic hydroxyl groups is 1. The Morgan fingerprint density at radius 1 is 1.74 bits per heavy atom. The van der Waals surface area contributed by atoms with E-state index in [9.17, 15) is 4.79 Å². The van der Waals surface area contributed by atoms with Crippen LogP contribution >= 0.6 is 0 Å². The molecule has 2 atom stereocenters. The van der Waals surface area contributed by atoms with E-state index in [4.69, 9.17) is 9.84 Å². The van der Waals surface area contributed by atoms with Gasteiger partial charge in [-0.15, -0.1) is 0 Å². The lowest BCUT2D eigenvalue weighted by molar-refractivity contribution is -0.130. The zero-order valence-electron chi connectivity index (χ0n) is 11.4. The third kappa shape index (κ3) is 2.96. The second kappa shape index (κ2) is 6.16. The zero-order valence-corrected chi connectivity index (χ0v) is 11.4. The van der Waals surface area contributed by atoms with Crippen LogP contribution in [0.25, 0.3) is 0 Å². The minimum Gasteiger partial charge on any atom is -0.394 e. The standard InChI is InChI=1S/C13H21N3O3/c1-9(19-2)13(18)15-11-4-3-5-12-10(11)8-14-16(12)6-7-17/h8-9,11,17H,3-7H2,1-2H3,(H,15,18). The van der Waals surface area contributed by atoms with E-state index < -0.39 is 6.10 Å². The molecule has 19 heavy (non-hydrogen) atoms. The molecule has 0 bridgehead atoms. The van der Waals surface area contributed by atoms with Gasteiger partial charge in [-0.3, -0.25) is 9.48 Å². The molecule has 6 heteroatoms. The van der Waals surface area contributed by atoms with Crippen LogP contribution in [0.3, 0.4) is 0 Å². The van der Waals surface area contributed by atoms with Crippen LogP contribution in [-0.2, 0) is 22.5 Å². The molecule has 0 aromatic carbocycles. The van der Waals surface area contributed by atoms with Crippen LogP contribution in [-0.4, -0.2) is 40.6 Å². The number of methoxy groups -OCH3 is 1. The highest BCUT2D eigenvalue weighted by atomic mass is 16.5. The number of aromatic nitrogens is 2. The number of ether oxygens (including phenoxy) is 1. The van der Waals surface area contributed by atoms with Crippen molar-refractivity contribution < 1.29 is 14.6 Å². The maximum Gasteiger partial charge on any atom is 0.249 e. The Morgan fingerprint density at radius 2 is 2.53 bits per heavy atom. The van der Waals surface area contributed by atoms with E-state index >= 15 is 0 Å². The molecular formula is C13H21N3O3. The largest absolute Gasteiger partial charge is 0.394 e. The van der Waals surface area contributed by atoms with Crippen LogP contribution in [0.15, 0.2) is 6.20 Å². The summed E-state index contributed by atoms with van der Waals surface area (Å²) in [5.41, 5.74) is 2.19. The van der Waals surface area contributed by atoms with E-state index in [1.54, 1.807) is 13.1 Å². The van der Waals surface area contributed by atoms with Gasteiger partial charge in [0.1, 0.15) is 6.10 Å². The normalized spacial score (nSPS) is 19.8. The molecule has 6 nitrogen and oxygen atoms in total. The molecule has 2 rings (SSSR count). The van der Waals surface area contributed by atoms with Crippen molar-refractivity contribution in [2.75, 3.05) is 13.7 Å². The van der Waals surface area contributed by atoms with Crippen LogP contribution in [0.2, 0.25) is 0 Å². The first-order valence-corrected chi connectivity index (χ1v) is 6.66. The summed E-state index contributed by atoms with van der Waals surface area (Å²) in [6, 6.07) is 0.00120. The number of carbonyl (C=O) groups excluding carboxylic acids is 1. The molecule has 1 amide bonds. The number of amides is 1. The van der Waals surface area contributed by atoms with Crippen molar-refractivity contribution in [2.24, 2.45) is 0 Å². The maximum absolute atomic E-state index is 11.9. The fraction of sp³-hybridized carbons (Fsp3) is 0.692. The Balaban J connectivity index is 2.12. The smallest absolute Gasteiger partial charge is 0.249 e. The van der Waals surface area contributed by atoms with E-state index in [2.05, 4.69) is 10.4 Å². The van der Waals surface area contributed by atoms with Crippen LogP contribution in [0, 0.1) is 0 Å². The fourth-order valence-electron chi connectivity index (χ4n) is 2.45. The number of hydrogen-bond acceptors (Lipinski definition) is 4. The minimum atomic E-state index is -0.446. The molecule has 2 N–H and O–H groups in total. The molecule has 0 saturated heterocycles. The Bertz CT molecular complexity index is 444. The van der Waals surface area contributed by atoms with Gasteiger partial charge in [0.2, 0.25) is 5.91 Å². The van der Waals surface area contributed by atoms with Crippen molar-refractivity contribution in [3.63, 3.8) is 0 Å². The second-order valence-corrected chi connectivity index (χ2v) is 4.82. The summed E-state index contributed by atoms with van der Waals surface area (Å²) in [5, 5.41) is 16.3. The molecular weight excluding hydrogens is 246 g/mol. The van der Waals surface area contributed by atoms with Gasteiger partial charge in [-0.05, 0) is 26.2 Å². The Kier molecular flexibility index (Phi) is 4.55. The minimum absolute atomic E-state index is 0.00120. The quantitative estimate of drug-likeness (QED) is 0.810. The van der Waals surface area contributed by atoms with E-state index in [1.165, 1.54) is 7.11 Å². The van der Waals surface area contributed by atoms with Crippen LogP contribution in [0.4, 0.5) is 0 Å². The van der Waals surface area contributed by atoms with Crippen molar-refractivity contribution >= 4 is 5.91 Å². The summed E-state index contributed by atoms with van der Waals surface area (Å²) < 4.78 is 6.85. The topological polar surface area (TPSA) is 76.4 Å². The lowest BCUT2D eigenvalue weighted by atomic mass is 9.93. The van der Waals surface area contributed by atoms with Crippen molar-refractivity contribution in [3.05, 3.63) is 17.5 Å². The van der Waals surface area contributed by atoms with E-state index in [-0.39, 0.29) is 18.6 Å². The van der Waals surface area contributed by atoms with Gasteiger partial charge in [0, 0.05) is 18.4 Å². The van der Waals surface area contributed by atoms with Gasteiger partial charge in [0.15, 0.2) is 0 Å². The maximum atomic E-state index is 11.9. The number of nitrogens with one attached hydrogen (secondary N) is 1. The van der Waals surface area contributed by atoms with Crippen molar-refractivity contribution in [3.8, 4) is 0 Å². The number of fused-ring (bicyclic) bond motifs is 1. The van der Waals surface area contributed by atoms with Gasteiger partial charge < -0.3 is 15.2 Å². The van der Waals surface area contributed by atoms with Gasteiger partial charge in [0.05, 0.1) is 25.4 Å². The first-order valence-electron chi connectivity index (χ1n) is 6.66. The van der Waals surface area contributed by atoms with Gasteiger partial charge in [-0.2, -0.15) is 5.10 Å². The summed E-state index contributed by atoms with van der Waals surface area (Å²) in [6.45, 7) is 2.31. The SMILES string of the molecule is COC(C)C(=O)NC1CCCc2c1cnn2CCO. The van der Waals surface area contributed by atoms with Crippen molar-refractivity contribution in [1.82, 2.24) is 15.1 Å². The average Bonchev–Trinajstić information content (AvgIpc) is 2.83. The van der Waals surface area contributed by atoms with E-state index in [1.807, 2.05) is 4.68 Å². The molecule has 1 aliphatic carbocycles. The van der Waals surface area contributed by atoms with Gasteiger partial charge in [-0.25, -0.2) is 0 Å². The second-order valence-electron chi connectivity index (χ2n) is 4.82. The Labute approximate surface area is 112 Å². The third-order valence-corrected chi connectivity index (χ3v) is 3.61. The molecule has 0 radical (unpaired) electrons. The van der Waals surface area contributed by atoms with Gasteiger partial charge >= 0.3 is 0 Å². The summed E-state index contributed by atoms with van der Waals surface area (Å²) in [4.78, 5) is 11.9. The van der Waals surface area contributed by atoms with Gasteiger partial charge in [-0.1, -0.05) is 0 Å². The number of rotatable bonds is 5. The van der Waals surface area contributed by atoms with Crippen LogP contribution in [0.1, 0.15) is 37.1 Å². The highest BCUT2D eigenvalue weighted by Crippen LogP contribution is 2.29. The molecule has 1 aliphatic rings. The van der Waals surface area contributed by atoms with Gasteiger partial charge in [0.25, 0.3) is 0 Å². The summed E-state index contributed by atoms with van der Waals surface area (Å²) in [6.07, 6.45) is 4.22. The van der Waals surface area contributed by atoms with Crippen molar-refractivity contribution in [1.29, 1.82) is 0 Å². The predicted molar refractivity (Wildman–Crippen MR) is 69.6 cm³/mol. The number of hydrogen-bond donors (Lipinski definition) is 2. The highest BCUT2D eigenvalue weighted by Gasteiger charge is 2.26. The summed E-state index contributed by atoms with van der Waals surface area (Å²) in [7, 11) is 1.52. The molecule has 1 aromatic heterocycles. The lowest BCUT2D eigenvalue weighted by Crippen LogP contribution is -2.37. The average molecular weight is 267 g/mol. The van der Waals surface area contributed by atoms with Crippen molar-refractivity contribution in [2.45, 2.75) is 44.9 Å². The number of nitrogens with zero attached hydrogens (tertiary/aromatic N) is 2. The molecule has 0 spiro atoms. The number of carbonyl (C=O) groups is 1. The first kappa shape index (κ1) is 14.0. The zero-order chi connectivity index (χ0) is 13.8. The molecule has 0 saturated carbocycles. The first-order chi connectivity index (χ1) is 9.17. The molecule has 0 fully saturated rings. The van der Waals surface area contributed by atoms with E-state index in [0.717, 1.165) is 30.5 Å². The van der Waals surface area contributed by atoms with E-state index in [0.29, 0.717) is 6.54 Å². The summed E-state index contributed by atoms with van der Waals surface area (Å²) >= 11 is 0. The Morgan fingerprint density at radius 3 is 3.21 bits per heavy atom. The Hall–Kier alpha value is -1.40. The summed E-state index contributed by atoms with van der Waals surface area (Å²) in [5.74, 6) is -0.102. The molecule has 1 heterocycles. The molecule has 2 unspecified atom stereocenters. The van der Waals surface area contributed by atoms with Crippen LogP contribution < -0.4 is 5.32 Å². The molecule has 0 aliphatic heterocycles. The van der Waals surface area contributed by atoms with Crippen LogP contribution in [0.5, 0.6) is 0 Å². The number of aliphatic hydroxyl groups excluding tert-OH is 1. The highest BCUT2D eigenvalue weighted by molar-refractivity contribution is 5.80. The monoisotopic (exact) mass is 267 g/mol. The predicted octanol–water partition coefficient (Wildman–Crippen LogP) is 0.404.